The Morgan fingerprint density at radius 2 is 1.81 bits per heavy atom. The monoisotopic (exact) mass is 299 g/mol. The highest BCUT2D eigenvalue weighted by molar-refractivity contribution is 7.10. The maximum atomic E-state index is 12.4. The molecule has 1 aliphatic carbocycles. The average molecular weight is 299 g/mol. The molecule has 0 bridgehead atoms. The zero-order chi connectivity index (χ0) is 14.8. The molecule has 1 aliphatic rings. The minimum absolute atomic E-state index is 0.0276. The predicted molar refractivity (Wildman–Crippen MR) is 85.4 cm³/mol. The molecule has 0 fully saturated rings. The molecular weight excluding hydrogens is 282 g/mol. The van der Waals surface area contributed by atoms with Crippen LogP contribution < -0.4 is 5.32 Å². The summed E-state index contributed by atoms with van der Waals surface area (Å²) in [6.07, 6.45) is 4.49. The van der Waals surface area contributed by atoms with Gasteiger partial charge < -0.3 is 5.32 Å². The van der Waals surface area contributed by atoms with Gasteiger partial charge in [0.1, 0.15) is 0 Å². The van der Waals surface area contributed by atoms with Gasteiger partial charge in [-0.15, -0.1) is 11.3 Å². The van der Waals surface area contributed by atoms with E-state index in [2.05, 4.69) is 5.32 Å². The van der Waals surface area contributed by atoms with Crippen LogP contribution in [0.1, 0.15) is 50.9 Å². The van der Waals surface area contributed by atoms with Gasteiger partial charge in [-0.25, -0.2) is 0 Å². The fourth-order valence-corrected chi connectivity index (χ4v) is 3.80. The van der Waals surface area contributed by atoms with Gasteiger partial charge >= 0.3 is 0 Å². The number of carbonyl (C=O) groups excluding carboxylic acids is 2. The van der Waals surface area contributed by atoms with E-state index in [-0.39, 0.29) is 11.7 Å². The van der Waals surface area contributed by atoms with Crippen molar-refractivity contribution in [2.45, 2.75) is 32.6 Å². The van der Waals surface area contributed by atoms with E-state index in [0.717, 1.165) is 30.5 Å². The number of hydrogen-bond donors (Lipinski definition) is 1. The van der Waals surface area contributed by atoms with Crippen molar-refractivity contribution in [3.05, 3.63) is 51.2 Å². The highest BCUT2D eigenvalue weighted by Gasteiger charge is 2.20. The summed E-state index contributed by atoms with van der Waals surface area (Å²) in [7, 11) is 0. The van der Waals surface area contributed by atoms with E-state index in [0.29, 0.717) is 5.56 Å². The largest absolute Gasteiger partial charge is 0.322 e. The first-order chi connectivity index (χ1) is 10.1. The molecule has 0 saturated carbocycles. The van der Waals surface area contributed by atoms with E-state index >= 15 is 0 Å². The number of carbonyl (C=O) groups is 2. The van der Waals surface area contributed by atoms with Gasteiger partial charge in [-0.3, -0.25) is 9.59 Å². The molecule has 0 saturated heterocycles. The van der Waals surface area contributed by atoms with Crippen LogP contribution in [0.4, 0.5) is 5.69 Å². The highest BCUT2D eigenvalue weighted by Crippen LogP contribution is 2.30. The summed E-state index contributed by atoms with van der Waals surface area (Å²) in [5.74, 6) is -0.0234. The Balaban J connectivity index is 1.77. The lowest BCUT2D eigenvalue weighted by molar-refractivity contribution is 0.101. The van der Waals surface area contributed by atoms with Crippen LogP contribution >= 0.6 is 11.3 Å². The second kappa shape index (κ2) is 5.82. The first-order valence-electron chi connectivity index (χ1n) is 7.17. The number of rotatable bonds is 3. The van der Waals surface area contributed by atoms with Crippen LogP contribution in [-0.4, -0.2) is 11.7 Å². The lowest BCUT2D eigenvalue weighted by Crippen LogP contribution is -2.14. The third kappa shape index (κ3) is 2.90. The number of amides is 1. The molecule has 1 aromatic carbocycles. The van der Waals surface area contributed by atoms with Crippen molar-refractivity contribution >= 4 is 28.7 Å². The third-order valence-electron chi connectivity index (χ3n) is 3.86. The zero-order valence-corrected chi connectivity index (χ0v) is 12.8. The molecule has 21 heavy (non-hydrogen) atoms. The van der Waals surface area contributed by atoms with Gasteiger partial charge in [0.2, 0.25) is 0 Å². The second-order valence-electron chi connectivity index (χ2n) is 5.35. The molecule has 3 rings (SSSR count). The maximum Gasteiger partial charge on any atom is 0.256 e. The Morgan fingerprint density at radius 1 is 1.10 bits per heavy atom. The molecule has 1 heterocycles. The van der Waals surface area contributed by atoms with Crippen LogP contribution in [0.5, 0.6) is 0 Å². The molecule has 1 amide bonds. The van der Waals surface area contributed by atoms with E-state index in [1.807, 2.05) is 5.38 Å². The molecule has 0 aliphatic heterocycles. The molecule has 0 atom stereocenters. The van der Waals surface area contributed by atoms with Crippen molar-refractivity contribution in [3.8, 4) is 0 Å². The quantitative estimate of drug-likeness (QED) is 0.868. The minimum Gasteiger partial charge on any atom is -0.322 e. The van der Waals surface area contributed by atoms with Crippen molar-refractivity contribution < 1.29 is 9.59 Å². The van der Waals surface area contributed by atoms with Gasteiger partial charge in [-0.2, -0.15) is 0 Å². The number of benzene rings is 1. The van der Waals surface area contributed by atoms with Gasteiger partial charge in [0, 0.05) is 21.5 Å². The van der Waals surface area contributed by atoms with Gasteiger partial charge in [0.15, 0.2) is 5.78 Å². The maximum absolute atomic E-state index is 12.4. The molecule has 0 spiro atoms. The van der Waals surface area contributed by atoms with Crippen molar-refractivity contribution in [1.82, 2.24) is 0 Å². The summed E-state index contributed by atoms with van der Waals surface area (Å²) in [5, 5.41) is 4.88. The van der Waals surface area contributed by atoms with Crippen LogP contribution in [0.15, 0.2) is 29.6 Å². The van der Waals surface area contributed by atoms with Crippen LogP contribution in [-0.2, 0) is 12.8 Å². The summed E-state index contributed by atoms with van der Waals surface area (Å²) in [6.45, 7) is 1.53. The molecule has 0 radical (unpaired) electrons. The Kier molecular flexibility index (Phi) is 3.88. The van der Waals surface area contributed by atoms with Gasteiger partial charge in [-0.1, -0.05) is 0 Å². The van der Waals surface area contributed by atoms with Gasteiger partial charge in [-0.05, 0) is 62.4 Å². The van der Waals surface area contributed by atoms with Crippen molar-refractivity contribution in [2.24, 2.45) is 0 Å². The number of Topliss-reactive ketones (excluding diaryl/α,β-unsaturated/α-hetero) is 1. The summed E-state index contributed by atoms with van der Waals surface area (Å²) < 4.78 is 0. The van der Waals surface area contributed by atoms with Crippen LogP contribution in [0.3, 0.4) is 0 Å². The standard InChI is InChI=1S/C17H17NO2S/c1-11(19)12-6-8-13(9-7-12)18-17(20)15-10-21-16-5-3-2-4-14(15)16/h6-10H,2-5H2,1H3,(H,18,20). The predicted octanol–water partition coefficient (Wildman–Crippen LogP) is 4.08. The molecule has 1 N–H and O–H groups in total. The summed E-state index contributed by atoms with van der Waals surface area (Å²) in [6, 6.07) is 7.02. The molecular formula is C17H17NO2S. The zero-order valence-electron chi connectivity index (χ0n) is 11.9. The van der Waals surface area contributed by atoms with E-state index in [1.54, 1.807) is 35.6 Å². The van der Waals surface area contributed by atoms with Gasteiger partial charge in [0.05, 0.1) is 5.56 Å². The lowest BCUT2D eigenvalue weighted by atomic mass is 9.95. The topological polar surface area (TPSA) is 46.2 Å². The number of aryl methyl sites for hydroxylation is 1. The van der Waals surface area contributed by atoms with E-state index in [4.69, 9.17) is 0 Å². The van der Waals surface area contributed by atoms with Crippen molar-refractivity contribution in [1.29, 1.82) is 0 Å². The number of anilines is 1. The Morgan fingerprint density at radius 3 is 2.52 bits per heavy atom. The van der Waals surface area contributed by atoms with E-state index in [1.165, 1.54) is 23.8 Å². The third-order valence-corrected chi connectivity index (χ3v) is 4.94. The second-order valence-corrected chi connectivity index (χ2v) is 6.31. The first kappa shape index (κ1) is 14.0. The number of nitrogens with one attached hydrogen (secondary N) is 1. The lowest BCUT2D eigenvalue weighted by Gasteiger charge is -2.12. The molecule has 0 unspecified atom stereocenters. The van der Waals surface area contributed by atoms with Crippen molar-refractivity contribution in [3.63, 3.8) is 0 Å². The smallest absolute Gasteiger partial charge is 0.256 e. The number of thiophene rings is 1. The molecule has 108 valence electrons. The SMILES string of the molecule is CC(=O)c1ccc(NC(=O)c2csc3c2CCCC3)cc1. The fourth-order valence-electron chi connectivity index (χ4n) is 2.67. The van der Waals surface area contributed by atoms with Crippen molar-refractivity contribution in [2.75, 3.05) is 5.32 Å². The number of hydrogen-bond acceptors (Lipinski definition) is 3. The van der Waals surface area contributed by atoms with E-state index < -0.39 is 0 Å². The summed E-state index contributed by atoms with van der Waals surface area (Å²) in [5.41, 5.74) is 3.41. The molecule has 2 aromatic rings. The average Bonchev–Trinajstić information content (AvgIpc) is 2.92. The van der Waals surface area contributed by atoms with Crippen LogP contribution in [0.2, 0.25) is 0 Å². The number of fused-ring (bicyclic) bond motifs is 1. The first-order valence-corrected chi connectivity index (χ1v) is 8.04. The molecule has 4 heteroatoms. The van der Waals surface area contributed by atoms with Crippen LogP contribution in [0.25, 0.3) is 0 Å². The fraction of sp³-hybridized carbons (Fsp3) is 0.294. The molecule has 3 nitrogen and oxygen atoms in total. The van der Waals surface area contributed by atoms with Gasteiger partial charge in [0.25, 0.3) is 5.91 Å². The Labute approximate surface area is 128 Å². The Hall–Kier alpha value is -1.94. The van der Waals surface area contributed by atoms with E-state index in [9.17, 15) is 9.59 Å². The normalized spacial score (nSPS) is 13.6. The number of ketones is 1. The Bertz CT molecular complexity index is 685. The van der Waals surface area contributed by atoms with Crippen LogP contribution in [0, 0.1) is 0 Å². The summed E-state index contributed by atoms with van der Waals surface area (Å²) >= 11 is 1.69. The highest BCUT2D eigenvalue weighted by atomic mass is 32.1. The minimum atomic E-state index is -0.0509. The molecule has 1 aromatic heterocycles. The summed E-state index contributed by atoms with van der Waals surface area (Å²) in [4.78, 5) is 25.0.